The summed E-state index contributed by atoms with van der Waals surface area (Å²) < 4.78 is 0. The van der Waals surface area contributed by atoms with Crippen LogP contribution in [0.3, 0.4) is 0 Å². The Hall–Kier alpha value is -1.12. The van der Waals surface area contributed by atoms with E-state index in [0.717, 1.165) is 0 Å². The number of nitrogens with two attached hydrogens (primary N) is 1. The van der Waals surface area contributed by atoms with Gasteiger partial charge in [0.25, 0.3) is 0 Å². The van der Waals surface area contributed by atoms with Crippen LogP contribution in [0.5, 0.6) is 0 Å². The standard InChI is InChI=1S/C11H10NS/c12-8-9-4-1-2-5-10(9)11-6-3-7-13-11/h1-6H,8,12H2. The molecule has 2 aromatic rings. The average molecular weight is 188 g/mol. The Morgan fingerprint density at radius 3 is 2.77 bits per heavy atom. The van der Waals surface area contributed by atoms with E-state index in [1.165, 1.54) is 16.0 Å². The number of hydrogen-bond donors (Lipinski definition) is 1. The minimum atomic E-state index is 0.591. The number of thiophene rings is 1. The van der Waals surface area contributed by atoms with Crippen LogP contribution in [0.1, 0.15) is 5.56 Å². The van der Waals surface area contributed by atoms with Crippen molar-refractivity contribution in [1.82, 2.24) is 0 Å². The number of hydrogen-bond acceptors (Lipinski definition) is 2. The second kappa shape index (κ2) is 3.73. The highest BCUT2D eigenvalue weighted by molar-refractivity contribution is 7.13. The summed E-state index contributed by atoms with van der Waals surface area (Å²) in [5.41, 5.74) is 8.08. The monoisotopic (exact) mass is 188 g/mol. The van der Waals surface area contributed by atoms with Gasteiger partial charge in [-0.25, -0.2) is 0 Å². The maximum Gasteiger partial charge on any atom is 0.0449 e. The van der Waals surface area contributed by atoms with Crippen LogP contribution in [-0.2, 0) is 6.54 Å². The highest BCUT2D eigenvalue weighted by atomic mass is 32.1. The van der Waals surface area contributed by atoms with E-state index in [9.17, 15) is 0 Å². The molecule has 0 spiro atoms. The molecule has 0 aliphatic carbocycles. The molecule has 0 atom stereocenters. The Morgan fingerprint density at radius 1 is 1.23 bits per heavy atom. The van der Waals surface area contributed by atoms with Crippen molar-refractivity contribution in [2.45, 2.75) is 6.54 Å². The molecule has 1 aromatic heterocycles. The summed E-state index contributed by atoms with van der Waals surface area (Å²) in [6.45, 7) is 0.591. The Balaban J connectivity index is 2.51. The SMILES string of the molecule is NCc1ccccc1-c1cc[c]s1. The molecule has 1 radical (unpaired) electrons. The van der Waals surface area contributed by atoms with Crippen LogP contribution in [0.25, 0.3) is 10.4 Å². The molecule has 1 heterocycles. The van der Waals surface area contributed by atoms with Gasteiger partial charge in [-0.05, 0) is 23.3 Å². The van der Waals surface area contributed by atoms with E-state index in [0.29, 0.717) is 6.54 Å². The van der Waals surface area contributed by atoms with Crippen LogP contribution in [0.2, 0.25) is 0 Å². The molecule has 0 bridgehead atoms. The summed E-state index contributed by atoms with van der Waals surface area (Å²) in [4.78, 5) is 1.24. The fraction of sp³-hybridized carbons (Fsp3) is 0.0909. The summed E-state index contributed by atoms with van der Waals surface area (Å²) in [5.74, 6) is 0. The molecule has 2 heteroatoms. The largest absolute Gasteiger partial charge is 0.326 e. The molecule has 1 nitrogen and oxygen atoms in total. The minimum absolute atomic E-state index is 0.591. The third kappa shape index (κ3) is 1.64. The van der Waals surface area contributed by atoms with Crippen molar-refractivity contribution in [3.63, 3.8) is 0 Å². The highest BCUT2D eigenvalue weighted by Gasteiger charge is 2.02. The lowest BCUT2D eigenvalue weighted by molar-refractivity contribution is 1.07. The summed E-state index contributed by atoms with van der Waals surface area (Å²) >= 11 is 1.62. The fourth-order valence-corrected chi connectivity index (χ4v) is 2.03. The Bertz CT molecular complexity index is 379. The zero-order chi connectivity index (χ0) is 9.10. The summed E-state index contributed by atoms with van der Waals surface area (Å²) in [7, 11) is 0. The molecule has 0 fully saturated rings. The van der Waals surface area contributed by atoms with E-state index in [1.807, 2.05) is 18.2 Å². The van der Waals surface area contributed by atoms with Crippen LogP contribution in [0.4, 0.5) is 0 Å². The smallest absolute Gasteiger partial charge is 0.0449 e. The highest BCUT2D eigenvalue weighted by Crippen LogP contribution is 2.27. The third-order valence-corrected chi connectivity index (χ3v) is 2.80. The van der Waals surface area contributed by atoms with E-state index < -0.39 is 0 Å². The van der Waals surface area contributed by atoms with E-state index in [1.54, 1.807) is 11.3 Å². The Morgan fingerprint density at radius 2 is 2.08 bits per heavy atom. The van der Waals surface area contributed by atoms with Crippen molar-refractivity contribution in [3.8, 4) is 10.4 Å². The summed E-state index contributed by atoms with van der Waals surface area (Å²) in [6, 6.07) is 12.2. The van der Waals surface area contributed by atoms with Crippen LogP contribution in [0, 0.1) is 5.38 Å². The quantitative estimate of drug-likeness (QED) is 0.770. The van der Waals surface area contributed by atoms with Gasteiger partial charge in [-0.1, -0.05) is 24.3 Å². The van der Waals surface area contributed by atoms with Crippen LogP contribution >= 0.6 is 11.3 Å². The molecule has 0 aliphatic heterocycles. The maximum absolute atomic E-state index is 5.65. The first-order valence-electron chi connectivity index (χ1n) is 4.16. The Labute approximate surface area is 81.8 Å². The molecule has 0 saturated carbocycles. The first kappa shape index (κ1) is 8.48. The maximum atomic E-state index is 5.65. The molecule has 1 aromatic carbocycles. The average Bonchev–Trinajstić information content (AvgIpc) is 2.70. The van der Waals surface area contributed by atoms with Crippen molar-refractivity contribution in [1.29, 1.82) is 0 Å². The Kier molecular flexibility index (Phi) is 2.43. The molecule has 2 rings (SSSR count). The van der Waals surface area contributed by atoms with E-state index in [2.05, 4.69) is 23.6 Å². The normalized spacial score (nSPS) is 10.2. The van der Waals surface area contributed by atoms with Crippen molar-refractivity contribution in [2.75, 3.05) is 0 Å². The van der Waals surface area contributed by atoms with Crippen molar-refractivity contribution < 1.29 is 0 Å². The lowest BCUT2D eigenvalue weighted by atomic mass is 10.1. The van der Waals surface area contributed by atoms with Gasteiger partial charge in [0.15, 0.2) is 0 Å². The lowest BCUT2D eigenvalue weighted by Crippen LogP contribution is -1.97. The van der Waals surface area contributed by atoms with Gasteiger partial charge in [0.2, 0.25) is 0 Å². The van der Waals surface area contributed by atoms with E-state index >= 15 is 0 Å². The van der Waals surface area contributed by atoms with E-state index in [4.69, 9.17) is 5.73 Å². The molecule has 0 amide bonds. The molecule has 0 unspecified atom stereocenters. The molecule has 2 N–H and O–H groups in total. The van der Waals surface area contributed by atoms with Crippen molar-refractivity contribution in [2.24, 2.45) is 5.73 Å². The molecular weight excluding hydrogens is 178 g/mol. The molecule has 13 heavy (non-hydrogen) atoms. The van der Waals surface area contributed by atoms with Crippen LogP contribution < -0.4 is 5.73 Å². The zero-order valence-corrected chi connectivity index (χ0v) is 7.97. The van der Waals surface area contributed by atoms with Gasteiger partial charge >= 0.3 is 0 Å². The van der Waals surface area contributed by atoms with Gasteiger partial charge < -0.3 is 5.73 Å². The van der Waals surface area contributed by atoms with Gasteiger partial charge in [0, 0.05) is 16.8 Å². The van der Waals surface area contributed by atoms with Crippen LogP contribution in [-0.4, -0.2) is 0 Å². The zero-order valence-electron chi connectivity index (χ0n) is 7.16. The molecule has 0 saturated heterocycles. The molecule has 0 aliphatic rings. The number of rotatable bonds is 2. The first-order chi connectivity index (χ1) is 6.42. The predicted octanol–water partition coefficient (Wildman–Crippen LogP) is 2.67. The van der Waals surface area contributed by atoms with Gasteiger partial charge in [0.1, 0.15) is 0 Å². The fourth-order valence-electron chi connectivity index (χ4n) is 1.32. The second-order valence-corrected chi connectivity index (χ2v) is 3.66. The van der Waals surface area contributed by atoms with Crippen LogP contribution in [0.15, 0.2) is 36.4 Å². The molecular formula is C11H10NS. The third-order valence-electron chi connectivity index (χ3n) is 1.97. The van der Waals surface area contributed by atoms with E-state index in [-0.39, 0.29) is 0 Å². The van der Waals surface area contributed by atoms with Gasteiger partial charge in [0.05, 0.1) is 0 Å². The van der Waals surface area contributed by atoms with Gasteiger partial charge in [-0.3, -0.25) is 0 Å². The second-order valence-electron chi connectivity index (χ2n) is 2.78. The number of benzene rings is 1. The first-order valence-corrected chi connectivity index (χ1v) is 4.97. The topological polar surface area (TPSA) is 26.0 Å². The van der Waals surface area contributed by atoms with Gasteiger partial charge in [-0.15, -0.1) is 11.3 Å². The predicted molar refractivity (Wildman–Crippen MR) is 56.5 cm³/mol. The molecule has 65 valence electrons. The van der Waals surface area contributed by atoms with Crippen molar-refractivity contribution in [3.05, 3.63) is 47.3 Å². The minimum Gasteiger partial charge on any atom is -0.326 e. The lowest BCUT2D eigenvalue weighted by Gasteiger charge is -2.03. The summed E-state index contributed by atoms with van der Waals surface area (Å²) in [6.07, 6.45) is 0. The van der Waals surface area contributed by atoms with Crippen molar-refractivity contribution >= 4 is 11.3 Å². The summed E-state index contributed by atoms with van der Waals surface area (Å²) in [5, 5.41) is 3.08. The van der Waals surface area contributed by atoms with Gasteiger partial charge in [-0.2, -0.15) is 0 Å².